The van der Waals surface area contributed by atoms with Gasteiger partial charge in [0.15, 0.2) is 5.58 Å². The summed E-state index contributed by atoms with van der Waals surface area (Å²) in [7, 11) is 0. The average Bonchev–Trinajstić information content (AvgIpc) is 3.52. The molecule has 3 aromatic carbocycles. The Morgan fingerprint density at radius 1 is 1.09 bits per heavy atom. The fourth-order valence-electron chi connectivity index (χ4n) is 4.06. The molecule has 0 bridgehead atoms. The predicted octanol–water partition coefficient (Wildman–Crippen LogP) is 4.94. The first-order valence-corrected chi connectivity index (χ1v) is 11.1. The molecule has 1 aromatic heterocycles. The molecule has 0 aliphatic carbocycles. The molecule has 1 unspecified atom stereocenters. The number of para-hydroxylation sites is 2. The summed E-state index contributed by atoms with van der Waals surface area (Å²) in [5, 5.41) is 13.2. The van der Waals surface area contributed by atoms with Crippen molar-refractivity contribution in [1.29, 1.82) is 0 Å². The number of carbonyl (C=O) groups is 2. The van der Waals surface area contributed by atoms with Crippen molar-refractivity contribution in [3.63, 3.8) is 0 Å². The first-order chi connectivity index (χ1) is 16.6. The molecule has 8 nitrogen and oxygen atoms in total. The number of benzene rings is 3. The number of aromatic nitrogens is 1. The van der Waals surface area contributed by atoms with Gasteiger partial charge in [0.1, 0.15) is 23.9 Å². The summed E-state index contributed by atoms with van der Waals surface area (Å²) >= 11 is 0. The Morgan fingerprint density at radius 3 is 2.71 bits per heavy atom. The lowest BCUT2D eigenvalue weighted by atomic mass is 10.1. The minimum atomic E-state index is -0.634. The second-order valence-electron chi connectivity index (χ2n) is 8.10. The lowest BCUT2D eigenvalue weighted by Gasteiger charge is -2.23. The lowest BCUT2D eigenvalue weighted by Crippen LogP contribution is -2.43. The normalized spacial score (nSPS) is 15.4. The number of oxazole rings is 1. The fraction of sp³-hybridized carbons (Fsp3) is 0.192. The molecule has 2 amide bonds. The molecule has 1 saturated heterocycles. The van der Waals surface area contributed by atoms with Crippen LogP contribution >= 0.6 is 0 Å². The summed E-state index contributed by atoms with van der Waals surface area (Å²) < 4.78 is 11.2. The van der Waals surface area contributed by atoms with Crippen molar-refractivity contribution in [2.75, 3.05) is 11.9 Å². The van der Waals surface area contributed by atoms with Crippen LogP contribution in [0.1, 0.15) is 18.4 Å². The van der Waals surface area contributed by atoms with E-state index in [2.05, 4.69) is 10.3 Å². The van der Waals surface area contributed by atoms with E-state index in [9.17, 15) is 14.7 Å². The number of aromatic hydroxyl groups is 1. The SMILES string of the molecule is O=C(Nc1ccc(O)c(-c2nc3ccccc3o2)c1)C1CCCN1C(=O)OCc1ccccc1. The molecule has 34 heavy (non-hydrogen) atoms. The van der Waals surface area contributed by atoms with Gasteiger partial charge in [-0.2, -0.15) is 0 Å². The van der Waals surface area contributed by atoms with E-state index in [1.54, 1.807) is 18.2 Å². The molecule has 0 saturated carbocycles. The molecule has 0 spiro atoms. The van der Waals surface area contributed by atoms with Crippen LogP contribution in [0, 0.1) is 0 Å². The summed E-state index contributed by atoms with van der Waals surface area (Å²) in [4.78, 5) is 31.5. The molecule has 1 aliphatic rings. The molecule has 8 heteroatoms. The highest BCUT2D eigenvalue weighted by atomic mass is 16.6. The summed E-state index contributed by atoms with van der Waals surface area (Å²) in [6.07, 6.45) is 0.740. The summed E-state index contributed by atoms with van der Waals surface area (Å²) in [6, 6.07) is 20.7. The third-order valence-corrected chi connectivity index (χ3v) is 5.78. The van der Waals surface area contributed by atoms with E-state index in [-0.39, 0.29) is 24.2 Å². The first-order valence-electron chi connectivity index (χ1n) is 11.1. The Labute approximate surface area is 195 Å². The number of fused-ring (bicyclic) bond motifs is 1. The molecule has 1 fully saturated rings. The van der Waals surface area contributed by atoms with Gasteiger partial charge in [0, 0.05) is 12.2 Å². The van der Waals surface area contributed by atoms with Gasteiger partial charge in [-0.05, 0) is 48.7 Å². The van der Waals surface area contributed by atoms with Crippen molar-refractivity contribution < 1.29 is 23.8 Å². The molecule has 2 N–H and O–H groups in total. The minimum Gasteiger partial charge on any atom is -0.507 e. The Balaban J connectivity index is 1.28. The van der Waals surface area contributed by atoms with E-state index in [1.165, 1.54) is 11.0 Å². The maximum absolute atomic E-state index is 13.0. The zero-order chi connectivity index (χ0) is 23.5. The smallest absolute Gasteiger partial charge is 0.410 e. The Morgan fingerprint density at radius 2 is 1.88 bits per heavy atom. The quantitative estimate of drug-likeness (QED) is 0.411. The van der Waals surface area contributed by atoms with Crippen LogP contribution < -0.4 is 5.32 Å². The van der Waals surface area contributed by atoms with E-state index >= 15 is 0 Å². The van der Waals surface area contributed by atoms with Gasteiger partial charge in [-0.3, -0.25) is 9.69 Å². The van der Waals surface area contributed by atoms with Gasteiger partial charge in [0.25, 0.3) is 0 Å². The van der Waals surface area contributed by atoms with Gasteiger partial charge in [-0.1, -0.05) is 42.5 Å². The number of hydrogen-bond acceptors (Lipinski definition) is 6. The number of nitrogens with zero attached hydrogens (tertiary/aromatic N) is 2. The van der Waals surface area contributed by atoms with E-state index < -0.39 is 12.1 Å². The van der Waals surface area contributed by atoms with E-state index in [4.69, 9.17) is 9.15 Å². The number of nitrogens with one attached hydrogen (secondary N) is 1. The zero-order valence-electron chi connectivity index (χ0n) is 18.3. The van der Waals surface area contributed by atoms with Crippen LogP contribution in [-0.4, -0.2) is 39.6 Å². The topological polar surface area (TPSA) is 105 Å². The number of amides is 2. The Bertz CT molecular complexity index is 1300. The number of likely N-dealkylation sites (tertiary alicyclic amines) is 1. The largest absolute Gasteiger partial charge is 0.507 e. The number of ether oxygens (including phenoxy) is 1. The highest BCUT2D eigenvalue weighted by molar-refractivity contribution is 5.97. The monoisotopic (exact) mass is 457 g/mol. The molecule has 0 radical (unpaired) electrons. The van der Waals surface area contributed by atoms with Gasteiger partial charge in [-0.15, -0.1) is 0 Å². The highest BCUT2D eigenvalue weighted by Gasteiger charge is 2.35. The van der Waals surface area contributed by atoms with Crippen LogP contribution in [-0.2, 0) is 16.1 Å². The van der Waals surface area contributed by atoms with Crippen molar-refractivity contribution in [3.05, 3.63) is 78.4 Å². The third-order valence-electron chi connectivity index (χ3n) is 5.78. The molecule has 5 rings (SSSR count). The van der Waals surface area contributed by atoms with Gasteiger partial charge < -0.3 is 19.6 Å². The van der Waals surface area contributed by atoms with Gasteiger partial charge in [0.05, 0.1) is 5.56 Å². The summed E-state index contributed by atoms with van der Waals surface area (Å²) in [5.74, 6) is -0.0818. The number of anilines is 1. The second kappa shape index (κ2) is 9.27. The van der Waals surface area contributed by atoms with Gasteiger partial charge in [-0.25, -0.2) is 9.78 Å². The minimum absolute atomic E-state index is 0.0171. The molecular formula is C26H23N3O5. The van der Waals surface area contributed by atoms with Crippen molar-refractivity contribution in [1.82, 2.24) is 9.88 Å². The molecular weight excluding hydrogens is 434 g/mol. The zero-order valence-corrected chi connectivity index (χ0v) is 18.3. The van der Waals surface area contributed by atoms with Crippen LogP contribution in [0.4, 0.5) is 10.5 Å². The van der Waals surface area contributed by atoms with E-state index in [0.29, 0.717) is 41.7 Å². The van der Waals surface area contributed by atoms with Crippen LogP contribution in [0.3, 0.4) is 0 Å². The van der Waals surface area contributed by atoms with Crippen molar-refractivity contribution >= 4 is 28.8 Å². The summed E-state index contributed by atoms with van der Waals surface area (Å²) in [6.45, 7) is 0.603. The average molecular weight is 457 g/mol. The molecule has 2 heterocycles. The Kier molecular flexibility index (Phi) is 5.86. The first kappa shape index (κ1) is 21.5. The number of hydrogen-bond donors (Lipinski definition) is 2. The molecule has 1 aliphatic heterocycles. The number of phenolic OH excluding ortho intramolecular Hbond substituents is 1. The van der Waals surface area contributed by atoms with Crippen LogP contribution in [0.15, 0.2) is 77.2 Å². The predicted molar refractivity (Wildman–Crippen MR) is 126 cm³/mol. The molecule has 4 aromatic rings. The molecule has 1 atom stereocenters. The third kappa shape index (κ3) is 4.43. The van der Waals surface area contributed by atoms with Crippen molar-refractivity contribution in [3.8, 4) is 17.2 Å². The maximum Gasteiger partial charge on any atom is 0.410 e. The van der Waals surface area contributed by atoms with Gasteiger partial charge in [0.2, 0.25) is 11.8 Å². The highest BCUT2D eigenvalue weighted by Crippen LogP contribution is 2.33. The van der Waals surface area contributed by atoms with Crippen LogP contribution in [0.5, 0.6) is 5.75 Å². The van der Waals surface area contributed by atoms with Crippen LogP contribution in [0.2, 0.25) is 0 Å². The summed E-state index contributed by atoms with van der Waals surface area (Å²) in [5.41, 5.74) is 2.97. The van der Waals surface area contributed by atoms with Gasteiger partial charge >= 0.3 is 6.09 Å². The Hall–Kier alpha value is -4.33. The second-order valence-corrected chi connectivity index (χ2v) is 8.10. The van der Waals surface area contributed by atoms with Crippen molar-refractivity contribution in [2.45, 2.75) is 25.5 Å². The number of carbonyl (C=O) groups excluding carboxylic acids is 2. The number of rotatable bonds is 5. The van der Waals surface area contributed by atoms with Crippen LogP contribution in [0.25, 0.3) is 22.6 Å². The molecule has 172 valence electrons. The fourth-order valence-corrected chi connectivity index (χ4v) is 4.06. The standard InChI is InChI=1S/C26H23N3O5/c30-22-13-12-18(15-19(22)25-28-20-9-4-5-11-23(20)34-25)27-24(31)21-10-6-14-29(21)26(32)33-16-17-7-2-1-3-8-17/h1-5,7-9,11-13,15,21,30H,6,10,14,16H2,(H,27,31). The number of phenols is 1. The van der Waals surface area contributed by atoms with E-state index in [0.717, 1.165) is 5.56 Å². The van der Waals surface area contributed by atoms with E-state index in [1.807, 2.05) is 48.5 Å². The van der Waals surface area contributed by atoms with Crippen molar-refractivity contribution in [2.24, 2.45) is 0 Å². The lowest BCUT2D eigenvalue weighted by molar-refractivity contribution is -0.120. The maximum atomic E-state index is 13.0.